The number of piperidine rings is 1. The molecule has 0 aromatic rings. The summed E-state index contributed by atoms with van der Waals surface area (Å²) in [6.45, 7) is 1.85. The molecule has 3 atom stereocenters. The number of ether oxygens (including phenoxy) is 2. The lowest BCUT2D eigenvalue weighted by Crippen LogP contribution is -2.50. The largest absolute Gasteiger partial charge is 0.347 e. The van der Waals surface area contributed by atoms with Gasteiger partial charge in [-0.05, 0) is 38.5 Å². The molecule has 4 aliphatic rings. The predicted octanol–water partition coefficient (Wildman–Crippen LogP) is 1.63. The maximum absolute atomic E-state index is 6.27. The second-order valence-corrected chi connectivity index (χ2v) is 6.98. The molecule has 0 radical (unpaired) electrons. The molecule has 4 rings (SSSR count). The van der Waals surface area contributed by atoms with Crippen molar-refractivity contribution in [2.45, 2.75) is 81.4 Å². The van der Waals surface area contributed by atoms with Gasteiger partial charge in [-0.15, -0.1) is 0 Å². The fourth-order valence-corrected chi connectivity index (χ4v) is 4.73. The van der Waals surface area contributed by atoms with Crippen molar-refractivity contribution in [3.05, 3.63) is 0 Å². The highest BCUT2D eigenvalue weighted by Gasteiger charge is 2.46. The van der Waals surface area contributed by atoms with Crippen molar-refractivity contribution in [1.29, 1.82) is 0 Å². The smallest absolute Gasteiger partial charge is 0.168 e. The Bertz CT molecular complexity index is 329. The predicted molar refractivity (Wildman–Crippen MR) is 72.7 cm³/mol. The zero-order valence-electron chi connectivity index (χ0n) is 11.7. The van der Waals surface area contributed by atoms with Crippen LogP contribution in [0.3, 0.4) is 0 Å². The van der Waals surface area contributed by atoms with Crippen LogP contribution in [0.5, 0.6) is 0 Å². The standard InChI is InChI=1S/C15H26N2O2/c16-11-7-12-3-4-13(8-11)17(12)9-14-10-18-15(19-14)5-1-2-6-15/h11-14H,1-10,16H2. The van der Waals surface area contributed by atoms with Gasteiger partial charge in [0.2, 0.25) is 0 Å². The third-order valence-corrected chi connectivity index (χ3v) is 5.61. The number of nitrogens with two attached hydrogens (primary N) is 1. The van der Waals surface area contributed by atoms with Gasteiger partial charge in [-0.3, -0.25) is 4.90 Å². The van der Waals surface area contributed by atoms with E-state index in [2.05, 4.69) is 4.90 Å². The van der Waals surface area contributed by atoms with Crippen LogP contribution in [0.4, 0.5) is 0 Å². The maximum Gasteiger partial charge on any atom is 0.168 e. The molecule has 2 bridgehead atoms. The van der Waals surface area contributed by atoms with E-state index in [1.807, 2.05) is 0 Å². The zero-order valence-corrected chi connectivity index (χ0v) is 11.7. The molecule has 19 heavy (non-hydrogen) atoms. The molecule has 4 heteroatoms. The second kappa shape index (κ2) is 4.69. The van der Waals surface area contributed by atoms with Crippen molar-refractivity contribution in [2.75, 3.05) is 13.2 Å². The zero-order chi connectivity index (χ0) is 12.9. The first kappa shape index (κ1) is 12.6. The van der Waals surface area contributed by atoms with Crippen molar-refractivity contribution < 1.29 is 9.47 Å². The summed E-state index contributed by atoms with van der Waals surface area (Å²) in [5.41, 5.74) is 6.14. The lowest BCUT2D eigenvalue weighted by Gasteiger charge is -2.38. The molecule has 3 aliphatic heterocycles. The third-order valence-electron chi connectivity index (χ3n) is 5.61. The third kappa shape index (κ3) is 2.23. The quantitative estimate of drug-likeness (QED) is 0.825. The first-order valence-electron chi connectivity index (χ1n) is 8.07. The molecule has 0 aromatic carbocycles. The molecule has 3 heterocycles. The van der Waals surface area contributed by atoms with E-state index in [0.717, 1.165) is 26.0 Å². The highest BCUT2D eigenvalue weighted by molar-refractivity contribution is 4.98. The van der Waals surface area contributed by atoms with E-state index in [0.29, 0.717) is 18.1 Å². The molecule has 0 aromatic heterocycles. The number of hydrogen-bond acceptors (Lipinski definition) is 4. The SMILES string of the molecule is NC1CC2CCC(C1)N2CC1COC2(CCCC2)O1. The Balaban J connectivity index is 1.38. The lowest BCUT2D eigenvalue weighted by molar-refractivity contribution is -0.164. The van der Waals surface area contributed by atoms with Crippen molar-refractivity contribution in [3.63, 3.8) is 0 Å². The molecule has 4 nitrogen and oxygen atoms in total. The highest BCUT2D eigenvalue weighted by atomic mass is 16.7. The normalized spacial score (nSPS) is 45.3. The van der Waals surface area contributed by atoms with Crippen LogP contribution in [0, 0.1) is 0 Å². The molecular weight excluding hydrogens is 240 g/mol. The molecular formula is C15H26N2O2. The van der Waals surface area contributed by atoms with Crippen LogP contribution >= 0.6 is 0 Å². The number of fused-ring (bicyclic) bond motifs is 2. The van der Waals surface area contributed by atoms with E-state index < -0.39 is 0 Å². The first-order valence-corrected chi connectivity index (χ1v) is 8.07. The molecule has 3 unspecified atom stereocenters. The first-order chi connectivity index (χ1) is 9.24. The van der Waals surface area contributed by atoms with Gasteiger partial charge in [0.15, 0.2) is 5.79 Å². The number of rotatable bonds is 2. The molecule has 2 N–H and O–H groups in total. The average molecular weight is 266 g/mol. The van der Waals surface area contributed by atoms with Crippen molar-refractivity contribution in [1.82, 2.24) is 4.90 Å². The number of hydrogen-bond donors (Lipinski definition) is 1. The van der Waals surface area contributed by atoms with Crippen molar-refractivity contribution in [2.24, 2.45) is 5.73 Å². The van der Waals surface area contributed by atoms with Crippen LogP contribution < -0.4 is 5.73 Å². The van der Waals surface area contributed by atoms with Gasteiger partial charge in [-0.25, -0.2) is 0 Å². The fraction of sp³-hybridized carbons (Fsp3) is 1.00. The lowest BCUT2D eigenvalue weighted by atomic mass is 9.98. The molecule has 1 aliphatic carbocycles. The minimum atomic E-state index is -0.199. The van der Waals surface area contributed by atoms with Crippen LogP contribution in [0.25, 0.3) is 0 Å². The Morgan fingerprint density at radius 1 is 1.11 bits per heavy atom. The summed E-state index contributed by atoms with van der Waals surface area (Å²) < 4.78 is 12.3. The maximum atomic E-state index is 6.27. The van der Waals surface area contributed by atoms with Crippen LogP contribution in [0.15, 0.2) is 0 Å². The van der Waals surface area contributed by atoms with Crippen LogP contribution in [0.2, 0.25) is 0 Å². The topological polar surface area (TPSA) is 47.7 Å². The van der Waals surface area contributed by atoms with Crippen LogP contribution in [-0.4, -0.2) is 48.1 Å². The molecule has 1 saturated carbocycles. The summed E-state index contributed by atoms with van der Waals surface area (Å²) in [6, 6.07) is 1.84. The number of nitrogens with zero attached hydrogens (tertiary/aromatic N) is 1. The Kier molecular flexibility index (Phi) is 3.10. The van der Waals surface area contributed by atoms with Gasteiger partial charge in [-0.1, -0.05) is 0 Å². The van der Waals surface area contributed by atoms with Crippen molar-refractivity contribution in [3.8, 4) is 0 Å². The summed E-state index contributed by atoms with van der Waals surface area (Å²) in [4.78, 5) is 2.67. The Morgan fingerprint density at radius 3 is 2.47 bits per heavy atom. The van der Waals surface area contributed by atoms with E-state index in [1.165, 1.54) is 38.5 Å². The highest BCUT2D eigenvalue weighted by Crippen LogP contribution is 2.41. The minimum absolute atomic E-state index is 0.199. The van der Waals surface area contributed by atoms with E-state index in [9.17, 15) is 0 Å². The Morgan fingerprint density at radius 2 is 1.79 bits per heavy atom. The van der Waals surface area contributed by atoms with Gasteiger partial charge in [-0.2, -0.15) is 0 Å². The molecule has 3 saturated heterocycles. The van der Waals surface area contributed by atoms with Crippen molar-refractivity contribution >= 4 is 0 Å². The Labute approximate surface area is 115 Å². The monoisotopic (exact) mass is 266 g/mol. The molecule has 4 fully saturated rings. The molecule has 1 spiro atoms. The van der Waals surface area contributed by atoms with Gasteiger partial charge in [0, 0.05) is 37.5 Å². The molecule has 108 valence electrons. The summed E-state index contributed by atoms with van der Waals surface area (Å²) in [7, 11) is 0. The van der Waals surface area contributed by atoms with E-state index in [4.69, 9.17) is 15.2 Å². The van der Waals surface area contributed by atoms with Gasteiger partial charge in [0.05, 0.1) is 12.7 Å². The minimum Gasteiger partial charge on any atom is -0.347 e. The van der Waals surface area contributed by atoms with Gasteiger partial charge in [0.1, 0.15) is 0 Å². The van der Waals surface area contributed by atoms with Crippen LogP contribution in [0.1, 0.15) is 51.4 Å². The summed E-state index contributed by atoms with van der Waals surface area (Å²) in [6.07, 6.45) is 10.0. The van der Waals surface area contributed by atoms with Gasteiger partial charge >= 0.3 is 0 Å². The fourth-order valence-electron chi connectivity index (χ4n) is 4.73. The Hall–Kier alpha value is -0.160. The van der Waals surface area contributed by atoms with Gasteiger partial charge < -0.3 is 15.2 Å². The van der Waals surface area contributed by atoms with E-state index in [-0.39, 0.29) is 11.9 Å². The average Bonchev–Trinajstić information content (AvgIpc) is 3.05. The van der Waals surface area contributed by atoms with E-state index in [1.54, 1.807) is 0 Å². The summed E-state index contributed by atoms with van der Waals surface area (Å²) in [5, 5.41) is 0. The second-order valence-electron chi connectivity index (χ2n) is 6.98. The summed E-state index contributed by atoms with van der Waals surface area (Å²) >= 11 is 0. The summed E-state index contributed by atoms with van der Waals surface area (Å²) in [5.74, 6) is -0.199. The molecule has 0 amide bonds. The van der Waals surface area contributed by atoms with Crippen LogP contribution in [-0.2, 0) is 9.47 Å². The van der Waals surface area contributed by atoms with E-state index >= 15 is 0 Å². The van der Waals surface area contributed by atoms with Gasteiger partial charge in [0.25, 0.3) is 0 Å².